The Balaban J connectivity index is 3.63. The molecular formula is C6H14N2O3. The molecule has 0 saturated heterocycles. The van der Waals surface area contributed by atoms with E-state index in [-0.39, 0.29) is 6.04 Å². The Morgan fingerprint density at radius 2 is 2.27 bits per heavy atom. The highest BCUT2D eigenvalue weighted by atomic mass is 16.7. The summed E-state index contributed by atoms with van der Waals surface area (Å²) in [6, 6.07) is -0.296. The molecule has 1 atom stereocenters. The van der Waals surface area contributed by atoms with Gasteiger partial charge in [-0.3, -0.25) is 0 Å². The Kier molecular flexibility index (Phi) is 5.46. The summed E-state index contributed by atoms with van der Waals surface area (Å²) >= 11 is 0. The topological polar surface area (TPSA) is 56.9 Å². The summed E-state index contributed by atoms with van der Waals surface area (Å²) in [4.78, 5) is 4.77. The van der Waals surface area contributed by atoms with Gasteiger partial charge >= 0.3 is 0 Å². The van der Waals surface area contributed by atoms with Gasteiger partial charge in [-0.15, -0.1) is 0 Å². The molecule has 0 saturated carbocycles. The van der Waals surface area contributed by atoms with Crippen molar-refractivity contribution in [2.45, 2.75) is 19.9 Å². The second-order valence-corrected chi connectivity index (χ2v) is 2.08. The number of hydrogen-bond donors (Lipinski definition) is 0. The lowest BCUT2D eigenvalue weighted by molar-refractivity contribution is -0.592. The van der Waals surface area contributed by atoms with Gasteiger partial charge in [-0.05, 0) is 6.92 Å². The molecule has 0 heterocycles. The lowest BCUT2D eigenvalue weighted by Crippen LogP contribution is -2.22. The van der Waals surface area contributed by atoms with Crippen LogP contribution in [-0.2, 0) is 9.57 Å². The normalized spacial score (nSPS) is 14.6. The Hall–Kier alpha value is -0.840. The van der Waals surface area contributed by atoms with Crippen LogP contribution in [-0.4, -0.2) is 31.2 Å². The summed E-state index contributed by atoms with van der Waals surface area (Å²) in [6.45, 7) is 4.55. The van der Waals surface area contributed by atoms with Gasteiger partial charge in [0.05, 0.1) is 0 Å². The predicted octanol–water partition coefficient (Wildman–Crippen LogP) is 0.935. The third-order valence-electron chi connectivity index (χ3n) is 1.10. The second-order valence-electron chi connectivity index (χ2n) is 2.08. The van der Waals surface area contributed by atoms with Crippen LogP contribution in [0.25, 0.3) is 0 Å². The first-order valence-electron chi connectivity index (χ1n) is 3.50. The van der Waals surface area contributed by atoms with E-state index in [1.807, 2.05) is 6.92 Å². The van der Waals surface area contributed by atoms with Gasteiger partial charge in [0.15, 0.2) is 5.28 Å². The molecule has 0 aromatic heterocycles. The molecule has 0 bridgehead atoms. The number of nitrogens with zero attached hydrogens (tertiary/aromatic N) is 2. The Morgan fingerprint density at radius 1 is 1.64 bits per heavy atom. The minimum absolute atomic E-state index is 0.296. The zero-order chi connectivity index (χ0) is 8.69. The molecule has 11 heavy (non-hydrogen) atoms. The van der Waals surface area contributed by atoms with Crippen molar-refractivity contribution in [2.24, 2.45) is 5.28 Å². The average Bonchev–Trinajstić information content (AvgIpc) is 2.00. The molecule has 0 aromatic carbocycles. The molecule has 0 aromatic rings. The second kappa shape index (κ2) is 5.91. The van der Waals surface area contributed by atoms with Gasteiger partial charge in [0.25, 0.3) is 0 Å². The number of hydroxylamine groups is 1. The van der Waals surface area contributed by atoms with Crippen molar-refractivity contribution in [1.29, 1.82) is 0 Å². The van der Waals surface area contributed by atoms with E-state index < -0.39 is 0 Å². The van der Waals surface area contributed by atoms with E-state index in [0.29, 0.717) is 18.1 Å². The fourth-order valence-corrected chi connectivity index (χ4v) is 0.513. The maximum Gasteiger partial charge on any atom is 0.213 e. The summed E-state index contributed by atoms with van der Waals surface area (Å²) < 4.78 is 5.01. The molecule has 0 spiro atoms. The van der Waals surface area contributed by atoms with Crippen LogP contribution < -0.4 is 0 Å². The van der Waals surface area contributed by atoms with Crippen molar-refractivity contribution < 1.29 is 14.4 Å². The largest absolute Gasteiger partial charge is 0.597 e. The SMILES string of the molecule is CCOCC(C)/[N+]([O-])=N/OC. The van der Waals surface area contributed by atoms with Crippen LogP contribution in [0.4, 0.5) is 0 Å². The number of hydrogen-bond acceptors (Lipinski definition) is 4. The van der Waals surface area contributed by atoms with Crippen LogP contribution in [0.5, 0.6) is 0 Å². The van der Waals surface area contributed by atoms with E-state index in [4.69, 9.17) is 4.74 Å². The molecule has 0 aliphatic heterocycles. The summed E-state index contributed by atoms with van der Waals surface area (Å²) in [5.74, 6) is 0. The first-order valence-corrected chi connectivity index (χ1v) is 3.50. The van der Waals surface area contributed by atoms with Gasteiger partial charge in [0, 0.05) is 13.5 Å². The highest BCUT2D eigenvalue weighted by Gasteiger charge is 2.10. The van der Waals surface area contributed by atoms with E-state index in [0.717, 1.165) is 0 Å². The van der Waals surface area contributed by atoms with Gasteiger partial charge in [-0.25, -0.2) is 0 Å². The van der Waals surface area contributed by atoms with Crippen molar-refractivity contribution in [3.05, 3.63) is 5.21 Å². The highest BCUT2D eigenvalue weighted by molar-refractivity contribution is 4.41. The molecule has 0 aliphatic rings. The van der Waals surface area contributed by atoms with E-state index in [9.17, 15) is 5.21 Å². The van der Waals surface area contributed by atoms with Crippen LogP contribution in [0.2, 0.25) is 0 Å². The van der Waals surface area contributed by atoms with Gasteiger partial charge in [-0.1, -0.05) is 4.86 Å². The standard InChI is InChI=1S/C6H14N2O3/c1-4-11-5-6(2)8(9)7-10-3/h6H,4-5H2,1-3H3/b8-7-. The first kappa shape index (κ1) is 10.2. The van der Waals surface area contributed by atoms with Crippen molar-refractivity contribution in [2.75, 3.05) is 20.3 Å². The lowest BCUT2D eigenvalue weighted by atomic mass is 10.4. The lowest BCUT2D eigenvalue weighted by Gasteiger charge is -2.07. The smallest absolute Gasteiger partial charge is 0.213 e. The predicted molar refractivity (Wildman–Crippen MR) is 39.0 cm³/mol. The van der Waals surface area contributed by atoms with Gasteiger partial charge in [-0.2, -0.15) is 0 Å². The van der Waals surface area contributed by atoms with Crippen molar-refractivity contribution in [1.82, 2.24) is 0 Å². The number of ether oxygens (including phenoxy) is 1. The fourth-order valence-electron chi connectivity index (χ4n) is 0.513. The number of rotatable bonds is 5. The van der Waals surface area contributed by atoms with E-state index >= 15 is 0 Å². The third-order valence-corrected chi connectivity index (χ3v) is 1.10. The van der Waals surface area contributed by atoms with Crippen molar-refractivity contribution >= 4 is 0 Å². The quantitative estimate of drug-likeness (QED) is 0.343. The van der Waals surface area contributed by atoms with Crippen LogP contribution in [0.1, 0.15) is 13.8 Å². The summed E-state index contributed by atoms with van der Waals surface area (Å²) in [5, 5.41) is 14.0. The Bertz CT molecular complexity index is 127. The molecule has 0 radical (unpaired) electrons. The molecule has 0 fully saturated rings. The monoisotopic (exact) mass is 162 g/mol. The van der Waals surface area contributed by atoms with Gasteiger partial charge < -0.3 is 14.8 Å². The van der Waals surface area contributed by atoms with Gasteiger partial charge in [0.1, 0.15) is 13.7 Å². The molecule has 0 rings (SSSR count). The molecule has 5 heteroatoms. The first-order chi connectivity index (χ1) is 5.22. The third kappa shape index (κ3) is 4.55. The zero-order valence-corrected chi connectivity index (χ0v) is 7.11. The fraction of sp³-hybridized carbons (Fsp3) is 1.00. The van der Waals surface area contributed by atoms with Gasteiger partial charge in [0.2, 0.25) is 6.04 Å². The minimum Gasteiger partial charge on any atom is -0.597 e. The van der Waals surface area contributed by atoms with Crippen LogP contribution in [0.3, 0.4) is 0 Å². The minimum atomic E-state index is -0.296. The van der Waals surface area contributed by atoms with Crippen molar-refractivity contribution in [3.8, 4) is 0 Å². The average molecular weight is 162 g/mol. The van der Waals surface area contributed by atoms with E-state index in [1.54, 1.807) is 6.92 Å². The van der Waals surface area contributed by atoms with Crippen LogP contribution >= 0.6 is 0 Å². The van der Waals surface area contributed by atoms with Crippen molar-refractivity contribution in [3.63, 3.8) is 0 Å². The van der Waals surface area contributed by atoms with E-state index in [2.05, 4.69) is 10.1 Å². The molecule has 5 nitrogen and oxygen atoms in total. The molecule has 0 N–H and O–H groups in total. The Morgan fingerprint density at radius 3 is 2.73 bits per heavy atom. The zero-order valence-electron chi connectivity index (χ0n) is 7.11. The molecule has 1 unspecified atom stereocenters. The molecule has 0 aliphatic carbocycles. The molecule has 0 amide bonds. The summed E-state index contributed by atoms with van der Waals surface area (Å²) in [5.41, 5.74) is 0. The van der Waals surface area contributed by atoms with E-state index in [1.165, 1.54) is 7.11 Å². The summed E-state index contributed by atoms with van der Waals surface area (Å²) in [6.07, 6.45) is 0. The maximum atomic E-state index is 10.8. The van der Waals surface area contributed by atoms with Crippen LogP contribution in [0.15, 0.2) is 5.28 Å². The maximum absolute atomic E-state index is 10.8. The summed E-state index contributed by atoms with van der Waals surface area (Å²) in [7, 11) is 1.33. The van der Waals surface area contributed by atoms with Crippen LogP contribution in [0, 0.1) is 5.21 Å². The highest BCUT2D eigenvalue weighted by Crippen LogP contribution is 1.91. The molecule has 66 valence electrons. The molecular weight excluding hydrogens is 148 g/mol. The Labute approximate surface area is 66.2 Å².